The van der Waals surface area contributed by atoms with Gasteiger partial charge in [0.25, 0.3) is 0 Å². The van der Waals surface area contributed by atoms with Gasteiger partial charge in [0.1, 0.15) is 11.6 Å². The lowest BCUT2D eigenvalue weighted by atomic mass is 9.97. The van der Waals surface area contributed by atoms with E-state index >= 15 is 0 Å². The molecule has 7 nitrogen and oxygen atoms in total. The molecule has 0 spiro atoms. The normalized spacial score (nSPS) is 27.6. The van der Waals surface area contributed by atoms with Crippen LogP contribution in [-0.4, -0.2) is 52.9 Å². The average molecular weight is 245 g/mol. The molecule has 1 saturated heterocycles. The number of aliphatic hydroxyl groups excluding tert-OH is 1. The van der Waals surface area contributed by atoms with Gasteiger partial charge in [-0.05, 0) is 26.3 Å². The number of nitrogens with one attached hydrogen (secondary N) is 2. The predicted molar refractivity (Wildman–Crippen MR) is 60.3 cm³/mol. The van der Waals surface area contributed by atoms with Gasteiger partial charge in [0.05, 0.1) is 6.10 Å². The van der Waals surface area contributed by atoms with Gasteiger partial charge < -0.3 is 26.6 Å². The van der Waals surface area contributed by atoms with E-state index in [1.165, 1.54) is 6.92 Å². The number of carboxylic acid groups (broad SMARTS) is 1. The van der Waals surface area contributed by atoms with Gasteiger partial charge in [0, 0.05) is 6.54 Å². The molecule has 6 N–H and O–H groups in total. The van der Waals surface area contributed by atoms with Crippen LogP contribution in [0.15, 0.2) is 0 Å². The smallest absolute Gasteiger partial charge is 0.325 e. The van der Waals surface area contributed by atoms with Gasteiger partial charge in [-0.25, -0.2) is 0 Å². The fourth-order valence-corrected chi connectivity index (χ4v) is 2.01. The molecule has 0 aromatic heterocycles. The number of nitrogens with two attached hydrogens (primary N) is 1. The van der Waals surface area contributed by atoms with Crippen molar-refractivity contribution in [2.24, 2.45) is 5.73 Å². The Hall–Kier alpha value is -1.18. The number of primary amides is 1. The van der Waals surface area contributed by atoms with Crippen LogP contribution in [0.25, 0.3) is 0 Å². The van der Waals surface area contributed by atoms with Crippen LogP contribution in [-0.2, 0) is 9.59 Å². The molecule has 1 aliphatic heterocycles. The molecule has 0 bridgehead atoms. The summed E-state index contributed by atoms with van der Waals surface area (Å²) in [5.74, 6) is -1.66. The Labute approximate surface area is 99.4 Å². The highest BCUT2D eigenvalue weighted by molar-refractivity contribution is 5.81. The summed E-state index contributed by atoms with van der Waals surface area (Å²) in [6.07, 6.45) is 0.296. The maximum absolute atomic E-state index is 11.2. The van der Waals surface area contributed by atoms with E-state index in [4.69, 9.17) is 5.73 Å². The number of aliphatic hydroxyl groups is 1. The standard InChI is InChI=1S/C10H19N3O4/c1-6(14)7(8(11)15)12-5-10(9(16)17)3-2-4-13-10/h6-7,12-14H,2-5H2,1H3,(H2,11,15)(H,16,17)/t6?,7-,10-/m0/s1. The minimum Gasteiger partial charge on any atom is -0.480 e. The van der Waals surface area contributed by atoms with Crippen molar-refractivity contribution in [1.29, 1.82) is 0 Å². The quantitative estimate of drug-likeness (QED) is 0.369. The third-order valence-corrected chi connectivity index (χ3v) is 3.07. The first kappa shape index (κ1) is 13.9. The number of carbonyl (C=O) groups excluding carboxylic acids is 1. The van der Waals surface area contributed by atoms with Gasteiger partial charge in [-0.1, -0.05) is 0 Å². The van der Waals surface area contributed by atoms with Crippen LogP contribution in [0.5, 0.6) is 0 Å². The van der Waals surface area contributed by atoms with Crippen LogP contribution in [0.3, 0.4) is 0 Å². The second kappa shape index (κ2) is 5.44. The molecule has 17 heavy (non-hydrogen) atoms. The zero-order chi connectivity index (χ0) is 13.1. The minimum absolute atomic E-state index is 0.0564. The summed E-state index contributed by atoms with van der Waals surface area (Å²) >= 11 is 0. The van der Waals surface area contributed by atoms with E-state index in [2.05, 4.69) is 10.6 Å². The largest absolute Gasteiger partial charge is 0.480 e. The number of carbonyl (C=O) groups is 2. The number of hydrogen-bond acceptors (Lipinski definition) is 5. The second-order valence-corrected chi connectivity index (χ2v) is 4.42. The first-order valence-electron chi connectivity index (χ1n) is 5.58. The maximum Gasteiger partial charge on any atom is 0.325 e. The van der Waals surface area contributed by atoms with Crippen LogP contribution in [0.4, 0.5) is 0 Å². The van der Waals surface area contributed by atoms with Crippen molar-refractivity contribution >= 4 is 11.9 Å². The van der Waals surface area contributed by atoms with Gasteiger partial charge in [0.15, 0.2) is 0 Å². The molecule has 0 aromatic carbocycles. The van der Waals surface area contributed by atoms with E-state index in [9.17, 15) is 19.8 Å². The second-order valence-electron chi connectivity index (χ2n) is 4.42. The first-order valence-corrected chi connectivity index (χ1v) is 5.58. The van der Waals surface area contributed by atoms with E-state index in [0.717, 1.165) is 6.42 Å². The number of rotatable bonds is 6. The zero-order valence-corrected chi connectivity index (χ0v) is 9.77. The van der Waals surface area contributed by atoms with E-state index in [1.54, 1.807) is 0 Å². The van der Waals surface area contributed by atoms with Crippen molar-refractivity contribution in [3.8, 4) is 0 Å². The van der Waals surface area contributed by atoms with Gasteiger partial charge in [-0.3, -0.25) is 9.59 Å². The van der Waals surface area contributed by atoms with Crippen molar-refractivity contribution in [2.75, 3.05) is 13.1 Å². The molecular weight excluding hydrogens is 226 g/mol. The highest BCUT2D eigenvalue weighted by atomic mass is 16.4. The van der Waals surface area contributed by atoms with Crippen LogP contribution in [0.1, 0.15) is 19.8 Å². The Bertz CT molecular complexity index is 300. The van der Waals surface area contributed by atoms with Crippen LogP contribution in [0, 0.1) is 0 Å². The number of amides is 1. The summed E-state index contributed by atoms with van der Waals surface area (Å²) in [4.78, 5) is 22.2. The molecule has 1 aliphatic rings. The van der Waals surface area contributed by atoms with Crippen LogP contribution >= 0.6 is 0 Å². The van der Waals surface area contributed by atoms with E-state index in [1.807, 2.05) is 0 Å². The molecule has 1 amide bonds. The molecule has 0 saturated carbocycles. The molecule has 0 radical (unpaired) electrons. The van der Waals surface area contributed by atoms with Crippen molar-refractivity contribution in [3.63, 3.8) is 0 Å². The lowest BCUT2D eigenvalue weighted by Crippen LogP contribution is -2.59. The third-order valence-electron chi connectivity index (χ3n) is 3.07. The summed E-state index contributed by atoms with van der Waals surface area (Å²) in [5, 5.41) is 24.1. The molecule has 7 heteroatoms. The van der Waals surface area contributed by atoms with Crippen LogP contribution in [0.2, 0.25) is 0 Å². The first-order chi connectivity index (χ1) is 7.89. The van der Waals surface area contributed by atoms with Gasteiger partial charge in [-0.15, -0.1) is 0 Å². The van der Waals surface area contributed by atoms with Crippen molar-refractivity contribution in [3.05, 3.63) is 0 Å². The third kappa shape index (κ3) is 3.15. The van der Waals surface area contributed by atoms with E-state index in [-0.39, 0.29) is 6.54 Å². The summed E-state index contributed by atoms with van der Waals surface area (Å²) in [7, 11) is 0. The Morgan fingerprint density at radius 3 is 2.59 bits per heavy atom. The van der Waals surface area contributed by atoms with Gasteiger partial charge >= 0.3 is 5.97 Å². The summed E-state index contributed by atoms with van der Waals surface area (Å²) in [6.45, 7) is 2.11. The van der Waals surface area contributed by atoms with Crippen molar-refractivity contribution < 1.29 is 19.8 Å². The molecule has 3 atom stereocenters. The summed E-state index contributed by atoms with van der Waals surface area (Å²) in [6, 6.07) is -0.936. The summed E-state index contributed by atoms with van der Waals surface area (Å²) in [5.41, 5.74) is 4.05. The molecule has 1 rings (SSSR count). The number of carboxylic acids is 1. The van der Waals surface area contributed by atoms with Crippen molar-refractivity contribution in [2.45, 2.75) is 37.5 Å². The molecule has 98 valence electrons. The molecular formula is C10H19N3O4. The molecule has 1 fully saturated rings. The SMILES string of the molecule is CC(O)[C@H](NC[C@]1(C(=O)O)CCCN1)C(N)=O. The van der Waals surface area contributed by atoms with Gasteiger partial charge in [-0.2, -0.15) is 0 Å². The number of aliphatic carboxylic acids is 1. The van der Waals surface area contributed by atoms with E-state index < -0.39 is 29.6 Å². The average Bonchev–Trinajstić information content (AvgIpc) is 2.66. The Morgan fingerprint density at radius 2 is 2.24 bits per heavy atom. The fraction of sp³-hybridized carbons (Fsp3) is 0.800. The highest BCUT2D eigenvalue weighted by Gasteiger charge is 2.41. The predicted octanol–water partition coefficient (Wildman–Crippen LogP) is -1.98. The molecule has 1 heterocycles. The Balaban J connectivity index is 2.63. The minimum atomic E-state index is -1.07. The monoisotopic (exact) mass is 245 g/mol. The van der Waals surface area contributed by atoms with Gasteiger partial charge in [0.2, 0.25) is 5.91 Å². The summed E-state index contributed by atoms with van der Waals surface area (Å²) < 4.78 is 0. The molecule has 0 aliphatic carbocycles. The molecule has 1 unspecified atom stereocenters. The van der Waals surface area contributed by atoms with Crippen molar-refractivity contribution in [1.82, 2.24) is 10.6 Å². The number of hydrogen-bond donors (Lipinski definition) is 5. The Morgan fingerprint density at radius 1 is 1.59 bits per heavy atom. The zero-order valence-electron chi connectivity index (χ0n) is 9.77. The Kier molecular flexibility index (Phi) is 4.44. The lowest BCUT2D eigenvalue weighted by molar-refractivity contribution is -0.144. The van der Waals surface area contributed by atoms with Crippen LogP contribution < -0.4 is 16.4 Å². The maximum atomic E-state index is 11.2. The highest BCUT2D eigenvalue weighted by Crippen LogP contribution is 2.19. The topological polar surface area (TPSA) is 125 Å². The molecule has 0 aromatic rings. The fourth-order valence-electron chi connectivity index (χ4n) is 2.01. The lowest BCUT2D eigenvalue weighted by Gasteiger charge is -2.28. The van der Waals surface area contributed by atoms with E-state index in [0.29, 0.717) is 13.0 Å².